The third kappa shape index (κ3) is 3.28. The highest BCUT2D eigenvalue weighted by Crippen LogP contribution is 2.31. The standard InChI is InChI=1S/C18H27NO/c1-2-14-6-5-9-18(14)19-15-10-12-17(13-11-15)20-16-7-3-4-8-16/h10-14,16,18-19H,2-9H2,1H3. The van der Waals surface area contributed by atoms with Gasteiger partial charge in [0.05, 0.1) is 6.10 Å². The Balaban J connectivity index is 1.55. The maximum atomic E-state index is 6.01. The number of hydrogen-bond donors (Lipinski definition) is 1. The van der Waals surface area contributed by atoms with Crippen LogP contribution >= 0.6 is 0 Å². The van der Waals surface area contributed by atoms with Gasteiger partial charge in [-0.25, -0.2) is 0 Å². The Kier molecular flexibility index (Phi) is 4.49. The zero-order chi connectivity index (χ0) is 13.8. The van der Waals surface area contributed by atoms with Gasteiger partial charge < -0.3 is 10.1 Å². The predicted molar refractivity (Wildman–Crippen MR) is 84.4 cm³/mol. The molecular formula is C18H27NO. The summed E-state index contributed by atoms with van der Waals surface area (Å²) in [5.41, 5.74) is 1.24. The molecule has 2 unspecified atom stereocenters. The Morgan fingerprint density at radius 1 is 1.00 bits per heavy atom. The molecule has 0 radical (unpaired) electrons. The zero-order valence-electron chi connectivity index (χ0n) is 12.6. The predicted octanol–water partition coefficient (Wildman–Crippen LogP) is 5.00. The molecular weight excluding hydrogens is 246 g/mol. The largest absolute Gasteiger partial charge is 0.490 e. The summed E-state index contributed by atoms with van der Waals surface area (Å²) < 4.78 is 6.01. The Hall–Kier alpha value is -1.18. The molecule has 0 spiro atoms. The van der Waals surface area contributed by atoms with Gasteiger partial charge in [0.2, 0.25) is 0 Å². The van der Waals surface area contributed by atoms with Gasteiger partial charge in [0.25, 0.3) is 0 Å². The van der Waals surface area contributed by atoms with Gasteiger partial charge in [-0.2, -0.15) is 0 Å². The molecule has 2 atom stereocenters. The van der Waals surface area contributed by atoms with Gasteiger partial charge in [0.15, 0.2) is 0 Å². The minimum atomic E-state index is 0.452. The number of ether oxygens (including phenoxy) is 1. The lowest BCUT2D eigenvalue weighted by molar-refractivity contribution is 0.210. The van der Waals surface area contributed by atoms with E-state index < -0.39 is 0 Å². The van der Waals surface area contributed by atoms with Crippen LogP contribution in [0.15, 0.2) is 24.3 Å². The average molecular weight is 273 g/mol. The Bertz CT molecular complexity index is 408. The molecule has 2 heteroatoms. The summed E-state index contributed by atoms with van der Waals surface area (Å²) >= 11 is 0. The molecule has 2 nitrogen and oxygen atoms in total. The van der Waals surface area contributed by atoms with Crippen LogP contribution in [-0.4, -0.2) is 12.1 Å². The van der Waals surface area contributed by atoms with E-state index >= 15 is 0 Å². The zero-order valence-corrected chi connectivity index (χ0v) is 12.6. The van der Waals surface area contributed by atoms with E-state index in [1.165, 1.54) is 57.1 Å². The molecule has 2 aliphatic rings. The number of anilines is 1. The quantitative estimate of drug-likeness (QED) is 0.815. The summed E-state index contributed by atoms with van der Waals surface area (Å²) in [5.74, 6) is 1.88. The van der Waals surface area contributed by atoms with Crippen LogP contribution in [0.4, 0.5) is 5.69 Å². The van der Waals surface area contributed by atoms with Crippen LogP contribution in [-0.2, 0) is 0 Å². The van der Waals surface area contributed by atoms with Gasteiger partial charge in [0, 0.05) is 11.7 Å². The molecule has 1 aromatic carbocycles. The number of benzene rings is 1. The molecule has 20 heavy (non-hydrogen) atoms. The van der Waals surface area contributed by atoms with Crippen LogP contribution in [0.5, 0.6) is 5.75 Å². The number of nitrogens with one attached hydrogen (secondary N) is 1. The highest BCUT2D eigenvalue weighted by molar-refractivity contribution is 5.47. The summed E-state index contributed by atoms with van der Waals surface area (Å²) in [5, 5.41) is 3.71. The van der Waals surface area contributed by atoms with Crippen molar-refractivity contribution in [3.63, 3.8) is 0 Å². The van der Waals surface area contributed by atoms with Crippen molar-refractivity contribution in [3.8, 4) is 5.75 Å². The molecule has 0 aliphatic heterocycles. The second-order valence-electron chi connectivity index (χ2n) is 6.40. The topological polar surface area (TPSA) is 21.3 Å². The second kappa shape index (κ2) is 6.51. The first-order chi connectivity index (χ1) is 9.85. The van der Waals surface area contributed by atoms with Gasteiger partial charge in [-0.3, -0.25) is 0 Å². The van der Waals surface area contributed by atoms with Crippen molar-refractivity contribution >= 4 is 5.69 Å². The summed E-state index contributed by atoms with van der Waals surface area (Å²) in [6, 6.07) is 9.26. The number of hydrogen-bond acceptors (Lipinski definition) is 2. The Labute approximate surface area is 122 Å². The molecule has 3 rings (SSSR count). The number of rotatable bonds is 5. The van der Waals surface area contributed by atoms with Crippen molar-refractivity contribution in [1.29, 1.82) is 0 Å². The van der Waals surface area contributed by atoms with E-state index in [4.69, 9.17) is 4.74 Å². The van der Waals surface area contributed by atoms with Crippen molar-refractivity contribution in [2.24, 2.45) is 5.92 Å². The van der Waals surface area contributed by atoms with E-state index in [0.29, 0.717) is 12.1 Å². The summed E-state index contributed by atoms with van der Waals surface area (Å²) in [6.45, 7) is 2.31. The first kappa shape index (κ1) is 13.8. The van der Waals surface area contributed by atoms with Crippen molar-refractivity contribution in [1.82, 2.24) is 0 Å². The van der Waals surface area contributed by atoms with E-state index in [2.05, 4.69) is 36.5 Å². The van der Waals surface area contributed by atoms with Gasteiger partial charge >= 0.3 is 0 Å². The van der Waals surface area contributed by atoms with Crippen molar-refractivity contribution < 1.29 is 4.74 Å². The van der Waals surface area contributed by atoms with Crippen LogP contribution in [0.2, 0.25) is 0 Å². The second-order valence-corrected chi connectivity index (χ2v) is 6.40. The molecule has 2 aliphatic carbocycles. The van der Waals surface area contributed by atoms with E-state index in [0.717, 1.165) is 11.7 Å². The summed E-state index contributed by atoms with van der Waals surface area (Å²) in [7, 11) is 0. The van der Waals surface area contributed by atoms with Gasteiger partial charge in [-0.05, 0) is 68.7 Å². The van der Waals surface area contributed by atoms with Gasteiger partial charge in [0.1, 0.15) is 5.75 Å². The lowest BCUT2D eigenvalue weighted by Crippen LogP contribution is -2.23. The van der Waals surface area contributed by atoms with Crippen LogP contribution in [0.25, 0.3) is 0 Å². The van der Waals surface area contributed by atoms with Crippen LogP contribution in [0.1, 0.15) is 58.3 Å². The van der Waals surface area contributed by atoms with Gasteiger partial charge in [-0.1, -0.05) is 19.8 Å². The highest BCUT2D eigenvalue weighted by Gasteiger charge is 2.25. The van der Waals surface area contributed by atoms with E-state index in [1.807, 2.05) is 0 Å². The molecule has 1 N–H and O–H groups in total. The fraction of sp³-hybridized carbons (Fsp3) is 0.667. The normalized spacial score (nSPS) is 26.9. The van der Waals surface area contributed by atoms with Crippen molar-refractivity contribution in [3.05, 3.63) is 24.3 Å². The van der Waals surface area contributed by atoms with Crippen LogP contribution in [0, 0.1) is 5.92 Å². The molecule has 2 saturated carbocycles. The highest BCUT2D eigenvalue weighted by atomic mass is 16.5. The molecule has 0 heterocycles. The minimum Gasteiger partial charge on any atom is -0.490 e. The fourth-order valence-corrected chi connectivity index (χ4v) is 3.76. The molecule has 110 valence electrons. The first-order valence-electron chi connectivity index (χ1n) is 8.38. The van der Waals surface area contributed by atoms with Crippen molar-refractivity contribution in [2.75, 3.05) is 5.32 Å². The van der Waals surface area contributed by atoms with E-state index in [9.17, 15) is 0 Å². The summed E-state index contributed by atoms with van der Waals surface area (Å²) in [6.07, 6.45) is 10.9. The van der Waals surface area contributed by atoms with Crippen LogP contribution in [0.3, 0.4) is 0 Å². The molecule has 0 aromatic heterocycles. The molecule has 2 fully saturated rings. The molecule has 1 aromatic rings. The fourth-order valence-electron chi connectivity index (χ4n) is 3.76. The monoisotopic (exact) mass is 273 g/mol. The smallest absolute Gasteiger partial charge is 0.119 e. The van der Waals surface area contributed by atoms with Crippen LogP contribution < -0.4 is 10.1 Å². The first-order valence-corrected chi connectivity index (χ1v) is 8.38. The average Bonchev–Trinajstić information content (AvgIpc) is 3.12. The SMILES string of the molecule is CCC1CCCC1Nc1ccc(OC2CCCC2)cc1. The maximum Gasteiger partial charge on any atom is 0.119 e. The summed E-state index contributed by atoms with van der Waals surface area (Å²) in [4.78, 5) is 0. The third-order valence-corrected chi connectivity index (χ3v) is 4.99. The lowest BCUT2D eigenvalue weighted by atomic mass is 10.0. The lowest BCUT2D eigenvalue weighted by Gasteiger charge is -2.21. The molecule has 0 amide bonds. The maximum absolute atomic E-state index is 6.01. The Morgan fingerprint density at radius 3 is 2.45 bits per heavy atom. The van der Waals surface area contributed by atoms with E-state index in [-0.39, 0.29) is 0 Å². The Morgan fingerprint density at radius 2 is 1.75 bits per heavy atom. The minimum absolute atomic E-state index is 0.452. The van der Waals surface area contributed by atoms with E-state index in [1.54, 1.807) is 0 Å². The third-order valence-electron chi connectivity index (χ3n) is 4.99. The van der Waals surface area contributed by atoms with Crippen molar-refractivity contribution in [2.45, 2.75) is 70.4 Å². The molecule has 0 bridgehead atoms. The molecule has 0 saturated heterocycles. The van der Waals surface area contributed by atoms with Gasteiger partial charge in [-0.15, -0.1) is 0 Å².